The van der Waals surface area contributed by atoms with Gasteiger partial charge in [-0.15, -0.1) is 0 Å². The van der Waals surface area contributed by atoms with Gasteiger partial charge in [-0.2, -0.15) is 0 Å². The lowest BCUT2D eigenvalue weighted by Crippen LogP contribution is -2.15. The van der Waals surface area contributed by atoms with E-state index in [1.807, 2.05) is 43.3 Å². The molecule has 118 valence electrons. The third kappa shape index (κ3) is 4.40. The number of thioether (sulfide) groups is 2. The van der Waals surface area contributed by atoms with E-state index in [2.05, 4.69) is 32.3 Å². The van der Waals surface area contributed by atoms with Crippen molar-refractivity contribution in [1.29, 1.82) is 0 Å². The van der Waals surface area contributed by atoms with E-state index in [1.165, 1.54) is 17.3 Å². The van der Waals surface area contributed by atoms with Gasteiger partial charge in [-0.1, -0.05) is 57.7 Å². The van der Waals surface area contributed by atoms with Gasteiger partial charge in [0.25, 0.3) is 0 Å². The van der Waals surface area contributed by atoms with Crippen LogP contribution in [0.3, 0.4) is 0 Å². The number of anilines is 1. The van der Waals surface area contributed by atoms with Crippen LogP contribution in [0.1, 0.15) is 11.1 Å². The first kappa shape index (κ1) is 16.6. The zero-order valence-corrected chi connectivity index (χ0v) is 15.7. The Morgan fingerprint density at radius 3 is 3.00 bits per heavy atom. The summed E-state index contributed by atoms with van der Waals surface area (Å²) in [6, 6.07) is 13.9. The number of fused-ring (bicyclic) bond motifs is 1. The van der Waals surface area contributed by atoms with E-state index < -0.39 is 0 Å². The molecule has 0 fully saturated rings. The minimum atomic E-state index is -0.0115. The van der Waals surface area contributed by atoms with E-state index in [4.69, 9.17) is 0 Å². The normalized spacial score (nSPS) is 13.2. The minimum Gasteiger partial charge on any atom is -0.325 e. The first-order chi connectivity index (χ1) is 11.1. The van der Waals surface area contributed by atoms with Crippen LogP contribution in [0.2, 0.25) is 0 Å². The molecule has 3 nitrogen and oxygen atoms in total. The molecule has 0 unspecified atom stereocenters. The molecular weight excluding hydrogens is 392 g/mol. The standard InChI is InChI=1S/C17H15BrN2OS2/c1-11-8-13(18)6-7-14(11)19-16(21)10-23-17-20-15-5-3-2-4-12(15)9-22-17/h2-8H,9-10H2,1H3,(H,19,21). The Morgan fingerprint density at radius 1 is 1.35 bits per heavy atom. The smallest absolute Gasteiger partial charge is 0.234 e. The maximum Gasteiger partial charge on any atom is 0.234 e. The molecule has 0 radical (unpaired) electrons. The van der Waals surface area contributed by atoms with Gasteiger partial charge in [-0.3, -0.25) is 4.79 Å². The number of carbonyl (C=O) groups is 1. The monoisotopic (exact) mass is 406 g/mol. The number of halogens is 1. The molecule has 2 aromatic carbocycles. The molecule has 1 heterocycles. The van der Waals surface area contributed by atoms with Gasteiger partial charge >= 0.3 is 0 Å². The van der Waals surface area contributed by atoms with Gasteiger partial charge in [0, 0.05) is 15.9 Å². The Kier molecular flexibility index (Phi) is 5.46. The molecule has 1 amide bonds. The second-order valence-corrected chi connectivity index (χ2v) is 8.19. The summed E-state index contributed by atoms with van der Waals surface area (Å²) < 4.78 is 1.96. The number of benzene rings is 2. The number of hydrogen-bond acceptors (Lipinski definition) is 4. The van der Waals surface area contributed by atoms with Crippen molar-refractivity contribution in [3.8, 4) is 0 Å². The van der Waals surface area contributed by atoms with Crippen LogP contribution < -0.4 is 5.32 Å². The van der Waals surface area contributed by atoms with E-state index in [0.29, 0.717) is 5.75 Å². The van der Waals surface area contributed by atoms with E-state index in [-0.39, 0.29) is 5.91 Å². The summed E-state index contributed by atoms with van der Waals surface area (Å²) in [6.45, 7) is 1.98. The second-order valence-electron chi connectivity index (χ2n) is 5.09. The molecule has 0 saturated carbocycles. The SMILES string of the molecule is Cc1cc(Br)ccc1NC(=O)CSC1=Nc2ccccc2CS1. The van der Waals surface area contributed by atoms with Gasteiger partial charge < -0.3 is 5.32 Å². The van der Waals surface area contributed by atoms with Gasteiger partial charge in [-0.05, 0) is 42.3 Å². The second kappa shape index (κ2) is 7.55. The molecule has 1 N–H and O–H groups in total. The van der Waals surface area contributed by atoms with Gasteiger partial charge in [-0.25, -0.2) is 4.99 Å². The molecule has 0 saturated heterocycles. The highest BCUT2D eigenvalue weighted by molar-refractivity contribution is 9.10. The Hall–Kier alpha value is -1.24. The van der Waals surface area contributed by atoms with Crippen LogP contribution in [-0.2, 0) is 10.5 Å². The quantitative estimate of drug-likeness (QED) is 0.745. The minimum absolute atomic E-state index is 0.0115. The van der Waals surface area contributed by atoms with Crippen LogP contribution in [0.15, 0.2) is 51.9 Å². The number of nitrogens with one attached hydrogen (secondary N) is 1. The number of rotatable bonds is 3. The topological polar surface area (TPSA) is 41.5 Å². The van der Waals surface area contributed by atoms with Crippen LogP contribution in [-0.4, -0.2) is 16.0 Å². The highest BCUT2D eigenvalue weighted by Gasteiger charge is 2.14. The van der Waals surface area contributed by atoms with Gasteiger partial charge in [0.1, 0.15) is 4.38 Å². The fourth-order valence-electron chi connectivity index (χ4n) is 2.17. The highest BCUT2D eigenvalue weighted by atomic mass is 79.9. The molecule has 1 aliphatic heterocycles. The van der Waals surface area contributed by atoms with Crippen LogP contribution >= 0.6 is 39.5 Å². The molecule has 6 heteroatoms. The largest absolute Gasteiger partial charge is 0.325 e. The molecule has 23 heavy (non-hydrogen) atoms. The average molecular weight is 407 g/mol. The van der Waals surface area contributed by atoms with Crippen molar-refractivity contribution in [2.24, 2.45) is 4.99 Å². The van der Waals surface area contributed by atoms with E-state index in [0.717, 1.165) is 31.5 Å². The third-order valence-corrected chi connectivity index (χ3v) is 6.08. The maximum absolute atomic E-state index is 12.1. The molecule has 3 rings (SSSR count). The van der Waals surface area contributed by atoms with Crippen LogP contribution in [0.5, 0.6) is 0 Å². The molecule has 0 bridgehead atoms. The first-order valence-electron chi connectivity index (χ1n) is 7.10. The summed E-state index contributed by atoms with van der Waals surface area (Å²) in [6.07, 6.45) is 0. The summed E-state index contributed by atoms with van der Waals surface area (Å²) in [5, 5.41) is 2.95. The number of carbonyl (C=O) groups excluding carboxylic acids is 1. The molecule has 1 aliphatic rings. The predicted molar refractivity (Wildman–Crippen MR) is 105 cm³/mol. The van der Waals surface area contributed by atoms with Gasteiger partial charge in [0.2, 0.25) is 5.91 Å². The number of para-hydroxylation sites is 1. The van der Waals surface area contributed by atoms with Crippen molar-refractivity contribution in [3.63, 3.8) is 0 Å². The van der Waals surface area contributed by atoms with E-state index >= 15 is 0 Å². The molecule has 0 spiro atoms. The summed E-state index contributed by atoms with van der Waals surface area (Å²) in [4.78, 5) is 16.7. The molecule has 0 aromatic heterocycles. The van der Waals surface area contributed by atoms with Crippen molar-refractivity contribution in [2.75, 3.05) is 11.1 Å². The molecular formula is C17H15BrN2OS2. The summed E-state index contributed by atoms with van der Waals surface area (Å²) in [5.41, 5.74) is 4.15. The van der Waals surface area contributed by atoms with Crippen LogP contribution in [0.4, 0.5) is 11.4 Å². The Labute approximate surface area is 152 Å². The first-order valence-corrected chi connectivity index (χ1v) is 9.86. The highest BCUT2D eigenvalue weighted by Crippen LogP contribution is 2.34. The van der Waals surface area contributed by atoms with E-state index in [9.17, 15) is 4.79 Å². The number of nitrogens with zero attached hydrogens (tertiary/aromatic N) is 1. The molecule has 0 aliphatic carbocycles. The van der Waals surface area contributed by atoms with Crippen molar-refractivity contribution in [3.05, 3.63) is 58.1 Å². The lowest BCUT2D eigenvalue weighted by atomic mass is 10.2. The van der Waals surface area contributed by atoms with Crippen LogP contribution in [0.25, 0.3) is 0 Å². The lowest BCUT2D eigenvalue weighted by Gasteiger charge is -2.14. The van der Waals surface area contributed by atoms with E-state index in [1.54, 1.807) is 11.8 Å². The third-order valence-electron chi connectivity index (χ3n) is 3.34. The summed E-state index contributed by atoms with van der Waals surface area (Å²) in [5.74, 6) is 1.27. The van der Waals surface area contributed by atoms with Crippen LogP contribution in [0, 0.1) is 6.92 Å². The van der Waals surface area contributed by atoms with Gasteiger partial charge in [0.15, 0.2) is 0 Å². The Morgan fingerprint density at radius 2 is 2.17 bits per heavy atom. The van der Waals surface area contributed by atoms with Crippen molar-refractivity contribution >= 4 is 61.1 Å². The summed E-state index contributed by atoms with van der Waals surface area (Å²) in [7, 11) is 0. The average Bonchev–Trinajstić information content (AvgIpc) is 2.55. The summed E-state index contributed by atoms with van der Waals surface area (Å²) >= 11 is 6.60. The van der Waals surface area contributed by atoms with Crippen molar-refractivity contribution < 1.29 is 4.79 Å². The fraction of sp³-hybridized carbons (Fsp3) is 0.176. The number of amides is 1. The Balaban J connectivity index is 1.58. The molecule has 0 atom stereocenters. The maximum atomic E-state index is 12.1. The molecule has 2 aromatic rings. The predicted octanol–water partition coefficient (Wildman–Crippen LogP) is 5.36. The zero-order valence-electron chi connectivity index (χ0n) is 12.5. The number of aryl methyl sites for hydroxylation is 1. The van der Waals surface area contributed by atoms with Crippen molar-refractivity contribution in [1.82, 2.24) is 0 Å². The van der Waals surface area contributed by atoms with Crippen molar-refractivity contribution in [2.45, 2.75) is 12.7 Å². The Bertz CT molecular complexity index is 777. The number of hydrogen-bond donors (Lipinski definition) is 1. The number of aliphatic imine (C=N–C) groups is 1. The lowest BCUT2D eigenvalue weighted by molar-refractivity contribution is -0.113. The van der Waals surface area contributed by atoms with Gasteiger partial charge in [0.05, 0.1) is 11.4 Å². The fourth-order valence-corrected chi connectivity index (χ4v) is 4.50. The zero-order chi connectivity index (χ0) is 16.2.